The minimum atomic E-state index is 0.0671. The highest BCUT2D eigenvalue weighted by molar-refractivity contribution is 5.74. The molecule has 0 aromatic heterocycles. The molecule has 2 heteroatoms. The van der Waals surface area contributed by atoms with Crippen molar-refractivity contribution >= 4 is 5.91 Å². The summed E-state index contributed by atoms with van der Waals surface area (Å²) in [4.78, 5) is 12.6. The summed E-state index contributed by atoms with van der Waals surface area (Å²) >= 11 is 0. The van der Waals surface area contributed by atoms with Gasteiger partial charge in [-0.3, -0.25) is 4.79 Å². The molecule has 0 fully saturated rings. The van der Waals surface area contributed by atoms with Crippen molar-refractivity contribution < 1.29 is 4.79 Å². The third-order valence-electron chi connectivity index (χ3n) is 2.25. The smallest absolute Gasteiger partial charge is 0.223 e. The summed E-state index contributed by atoms with van der Waals surface area (Å²) in [6, 6.07) is 0. The highest BCUT2D eigenvalue weighted by atomic mass is 16.2. The van der Waals surface area contributed by atoms with Gasteiger partial charge in [0, 0.05) is 13.5 Å². The molecule has 1 atom stereocenters. The van der Waals surface area contributed by atoms with Gasteiger partial charge in [-0.2, -0.15) is 0 Å². The SMILES string of the molecule is C=CN(C[C@@H](C)C(C)C)C(C)=O. The first kappa shape index (κ1) is 11.2. The number of rotatable bonds is 4. The molecule has 0 rings (SSSR count). The van der Waals surface area contributed by atoms with Gasteiger partial charge >= 0.3 is 0 Å². The Labute approximate surface area is 75.3 Å². The number of carbonyl (C=O) groups excluding carboxylic acids is 1. The number of amides is 1. The number of hydrogen-bond acceptors (Lipinski definition) is 1. The fourth-order valence-electron chi connectivity index (χ4n) is 0.853. The van der Waals surface area contributed by atoms with Crippen molar-refractivity contribution in [1.29, 1.82) is 0 Å². The normalized spacial score (nSPS) is 12.8. The Balaban J connectivity index is 4.02. The molecule has 0 aromatic carbocycles. The van der Waals surface area contributed by atoms with Crippen molar-refractivity contribution in [2.24, 2.45) is 11.8 Å². The Morgan fingerprint density at radius 1 is 1.50 bits per heavy atom. The lowest BCUT2D eigenvalue weighted by Crippen LogP contribution is -2.29. The van der Waals surface area contributed by atoms with Crippen molar-refractivity contribution in [2.45, 2.75) is 27.7 Å². The zero-order valence-corrected chi connectivity index (χ0v) is 8.50. The number of nitrogens with zero attached hydrogens (tertiary/aromatic N) is 1. The zero-order valence-electron chi connectivity index (χ0n) is 8.50. The average Bonchev–Trinajstić information content (AvgIpc) is 1.98. The van der Waals surface area contributed by atoms with Crippen LogP contribution in [0.5, 0.6) is 0 Å². The fourth-order valence-corrected chi connectivity index (χ4v) is 0.853. The highest BCUT2D eigenvalue weighted by Gasteiger charge is 2.12. The van der Waals surface area contributed by atoms with Crippen LogP contribution in [0.4, 0.5) is 0 Å². The second kappa shape index (κ2) is 4.96. The molecule has 0 bridgehead atoms. The van der Waals surface area contributed by atoms with Crippen molar-refractivity contribution in [3.8, 4) is 0 Å². The Bertz CT molecular complexity index is 163. The van der Waals surface area contributed by atoms with Crippen LogP contribution in [0.3, 0.4) is 0 Å². The molecule has 0 spiro atoms. The molecule has 0 radical (unpaired) electrons. The van der Waals surface area contributed by atoms with E-state index in [4.69, 9.17) is 0 Å². The second-order valence-electron chi connectivity index (χ2n) is 3.58. The predicted octanol–water partition coefficient (Wildman–Crippen LogP) is 2.27. The molecule has 0 heterocycles. The van der Waals surface area contributed by atoms with Gasteiger partial charge in [-0.25, -0.2) is 0 Å². The predicted molar refractivity (Wildman–Crippen MR) is 51.6 cm³/mol. The maximum Gasteiger partial charge on any atom is 0.223 e. The standard InChI is InChI=1S/C10H19NO/c1-6-11(10(5)12)7-9(4)8(2)3/h6,8-9H,1,7H2,2-5H3/t9-/m1/s1. The van der Waals surface area contributed by atoms with Crippen molar-refractivity contribution in [2.75, 3.05) is 6.54 Å². The Morgan fingerprint density at radius 2 is 2.00 bits per heavy atom. The monoisotopic (exact) mass is 169 g/mol. The number of hydrogen-bond donors (Lipinski definition) is 0. The minimum Gasteiger partial charge on any atom is -0.320 e. The van der Waals surface area contributed by atoms with E-state index in [2.05, 4.69) is 27.4 Å². The van der Waals surface area contributed by atoms with E-state index in [1.54, 1.807) is 18.0 Å². The first-order chi connectivity index (χ1) is 5.49. The van der Waals surface area contributed by atoms with E-state index in [1.807, 2.05) is 0 Å². The molecular weight excluding hydrogens is 150 g/mol. The van der Waals surface area contributed by atoms with Crippen LogP contribution < -0.4 is 0 Å². The molecule has 0 aromatic rings. The highest BCUT2D eigenvalue weighted by Crippen LogP contribution is 2.11. The molecule has 70 valence electrons. The van der Waals surface area contributed by atoms with E-state index in [9.17, 15) is 4.79 Å². The summed E-state index contributed by atoms with van der Waals surface area (Å²) in [6.45, 7) is 12.4. The van der Waals surface area contributed by atoms with E-state index < -0.39 is 0 Å². The maximum atomic E-state index is 11.0. The van der Waals surface area contributed by atoms with Crippen LogP contribution in [0, 0.1) is 11.8 Å². The molecule has 0 unspecified atom stereocenters. The van der Waals surface area contributed by atoms with Gasteiger partial charge in [-0.1, -0.05) is 27.4 Å². The molecule has 0 aliphatic rings. The van der Waals surface area contributed by atoms with E-state index in [0.29, 0.717) is 11.8 Å². The van der Waals surface area contributed by atoms with E-state index in [-0.39, 0.29) is 5.91 Å². The third kappa shape index (κ3) is 3.56. The largest absolute Gasteiger partial charge is 0.320 e. The topological polar surface area (TPSA) is 20.3 Å². The molecule has 1 amide bonds. The van der Waals surface area contributed by atoms with Crippen LogP contribution >= 0.6 is 0 Å². The van der Waals surface area contributed by atoms with Gasteiger partial charge in [0.1, 0.15) is 0 Å². The summed E-state index contributed by atoms with van der Waals surface area (Å²) in [6.07, 6.45) is 1.60. The van der Waals surface area contributed by atoms with Crippen molar-refractivity contribution in [3.05, 3.63) is 12.8 Å². The Hall–Kier alpha value is -0.790. The van der Waals surface area contributed by atoms with Gasteiger partial charge < -0.3 is 4.90 Å². The lowest BCUT2D eigenvalue weighted by atomic mass is 9.98. The summed E-state index contributed by atoms with van der Waals surface area (Å²) in [7, 11) is 0. The first-order valence-corrected chi connectivity index (χ1v) is 4.38. The maximum absolute atomic E-state index is 11.0. The molecule has 0 aliphatic heterocycles. The van der Waals surface area contributed by atoms with Crippen LogP contribution in [0.15, 0.2) is 12.8 Å². The molecule has 2 nitrogen and oxygen atoms in total. The summed E-state index contributed by atoms with van der Waals surface area (Å²) in [5.74, 6) is 1.19. The van der Waals surface area contributed by atoms with Gasteiger partial charge in [0.2, 0.25) is 5.91 Å². The van der Waals surface area contributed by atoms with Gasteiger partial charge in [0.15, 0.2) is 0 Å². The quantitative estimate of drug-likeness (QED) is 0.632. The van der Waals surface area contributed by atoms with Gasteiger partial charge in [-0.15, -0.1) is 0 Å². The van der Waals surface area contributed by atoms with E-state index in [1.165, 1.54) is 0 Å². The lowest BCUT2D eigenvalue weighted by molar-refractivity contribution is -0.126. The van der Waals surface area contributed by atoms with E-state index >= 15 is 0 Å². The fraction of sp³-hybridized carbons (Fsp3) is 0.700. The lowest BCUT2D eigenvalue weighted by Gasteiger charge is -2.23. The molecule has 0 aliphatic carbocycles. The van der Waals surface area contributed by atoms with Crippen LogP contribution in [0.25, 0.3) is 0 Å². The Morgan fingerprint density at radius 3 is 2.25 bits per heavy atom. The summed E-state index contributed by atoms with van der Waals surface area (Å²) in [5.41, 5.74) is 0. The van der Waals surface area contributed by atoms with Gasteiger partial charge in [-0.05, 0) is 18.0 Å². The van der Waals surface area contributed by atoms with Crippen molar-refractivity contribution in [1.82, 2.24) is 4.90 Å². The zero-order chi connectivity index (χ0) is 9.72. The molecule has 12 heavy (non-hydrogen) atoms. The van der Waals surface area contributed by atoms with E-state index in [0.717, 1.165) is 6.54 Å². The summed E-state index contributed by atoms with van der Waals surface area (Å²) < 4.78 is 0. The molecule has 0 N–H and O–H groups in total. The van der Waals surface area contributed by atoms with Crippen LogP contribution in [-0.2, 0) is 4.79 Å². The molecular formula is C10H19NO. The summed E-state index contributed by atoms with van der Waals surface area (Å²) in [5, 5.41) is 0. The van der Waals surface area contributed by atoms with Crippen LogP contribution in [0.2, 0.25) is 0 Å². The van der Waals surface area contributed by atoms with Crippen molar-refractivity contribution in [3.63, 3.8) is 0 Å². The first-order valence-electron chi connectivity index (χ1n) is 4.38. The Kier molecular flexibility index (Phi) is 4.64. The number of carbonyl (C=O) groups is 1. The second-order valence-corrected chi connectivity index (χ2v) is 3.58. The van der Waals surface area contributed by atoms with Crippen LogP contribution in [-0.4, -0.2) is 17.4 Å². The molecule has 0 saturated heterocycles. The average molecular weight is 169 g/mol. The van der Waals surface area contributed by atoms with Gasteiger partial charge in [0.05, 0.1) is 0 Å². The third-order valence-corrected chi connectivity index (χ3v) is 2.25. The molecule has 0 saturated carbocycles. The van der Waals surface area contributed by atoms with Crippen LogP contribution in [0.1, 0.15) is 27.7 Å². The minimum absolute atomic E-state index is 0.0671. The van der Waals surface area contributed by atoms with Gasteiger partial charge in [0.25, 0.3) is 0 Å².